The summed E-state index contributed by atoms with van der Waals surface area (Å²) in [6.45, 7) is 12.3. The van der Waals surface area contributed by atoms with Crippen LogP contribution in [0.25, 0.3) is 0 Å². The highest BCUT2D eigenvalue weighted by Crippen LogP contribution is 2.29. The lowest BCUT2D eigenvalue weighted by atomic mass is 9.93. The Labute approximate surface area is 308 Å². The molecule has 4 amide bonds. The van der Waals surface area contributed by atoms with Crippen molar-refractivity contribution in [3.8, 4) is 0 Å². The number of hydrogen-bond acceptors (Lipinski definition) is 8. The summed E-state index contributed by atoms with van der Waals surface area (Å²) >= 11 is 0. The maximum Gasteiger partial charge on any atom is 0.243 e. The van der Waals surface area contributed by atoms with Crippen LogP contribution < -0.4 is 21.3 Å². The number of carbonyl (C=O) groups excluding carboxylic acids is 5. The van der Waals surface area contributed by atoms with Crippen molar-refractivity contribution < 1.29 is 33.4 Å². The lowest BCUT2D eigenvalue weighted by Crippen LogP contribution is -2.59. The van der Waals surface area contributed by atoms with Crippen LogP contribution in [0.3, 0.4) is 0 Å². The first kappa shape index (κ1) is 40.6. The molecule has 2 fully saturated rings. The van der Waals surface area contributed by atoms with Gasteiger partial charge in [0.05, 0.1) is 32.4 Å². The molecule has 12 heteroatoms. The molecular formula is C40H57N5O7. The fraction of sp³-hybridized carbons (Fsp3) is 0.575. The summed E-state index contributed by atoms with van der Waals surface area (Å²) in [7, 11) is 0. The third kappa shape index (κ3) is 13.1. The number of ether oxygens (including phenoxy) is 2. The molecule has 2 heterocycles. The van der Waals surface area contributed by atoms with Crippen LogP contribution in [0.4, 0.5) is 0 Å². The summed E-state index contributed by atoms with van der Waals surface area (Å²) in [5.74, 6) is -1.83. The van der Waals surface area contributed by atoms with Crippen LogP contribution in [-0.2, 0) is 46.3 Å². The largest absolute Gasteiger partial charge is 0.379 e. The Bertz CT molecular complexity index is 1480. The molecule has 2 aliphatic rings. The lowest BCUT2D eigenvalue weighted by molar-refractivity contribution is -0.135. The summed E-state index contributed by atoms with van der Waals surface area (Å²) in [4.78, 5) is 70.5. The van der Waals surface area contributed by atoms with Crippen LogP contribution in [0, 0.1) is 11.8 Å². The summed E-state index contributed by atoms with van der Waals surface area (Å²) in [5, 5.41) is 11.7. The second-order valence-corrected chi connectivity index (χ2v) is 15.0. The zero-order valence-corrected chi connectivity index (χ0v) is 31.3. The first-order valence-electron chi connectivity index (χ1n) is 18.6. The molecule has 0 saturated carbocycles. The van der Waals surface area contributed by atoms with E-state index in [1.807, 2.05) is 93.3 Å². The van der Waals surface area contributed by atoms with E-state index in [1.54, 1.807) is 6.92 Å². The molecule has 0 bridgehead atoms. The minimum absolute atomic E-state index is 0.0171. The number of nitrogens with zero attached hydrogens (tertiary/aromatic N) is 1. The van der Waals surface area contributed by atoms with Gasteiger partial charge in [-0.15, -0.1) is 0 Å². The van der Waals surface area contributed by atoms with E-state index < -0.39 is 47.5 Å². The Balaban J connectivity index is 1.51. The normalized spacial score (nSPS) is 19.6. The van der Waals surface area contributed by atoms with Gasteiger partial charge in [-0.3, -0.25) is 28.9 Å². The van der Waals surface area contributed by atoms with Gasteiger partial charge in [-0.2, -0.15) is 0 Å². The highest BCUT2D eigenvalue weighted by Gasteiger charge is 2.50. The van der Waals surface area contributed by atoms with Crippen LogP contribution >= 0.6 is 0 Å². The van der Waals surface area contributed by atoms with Crippen LogP contribution in [0.1, 0.15) is 65.0 Å². The van der Waals surface area contributed by atoms with Gasteiger partial charge in [0.25, 0.3) is 0 Å². The van der Waals surface area contributed by atoms with Crippen LogP contribution in [0.5, 0.6) is 0 Å². The number of epoxide rings is 1. The minimum Gasteiger partial charge on any atom is -0.379 e. The van der Waals surface area contributed by atoms with Gasteiger partial charge in [-0.25, -0.2) is 0 Å². The number of hydrogen-bond donors (Lipinski definition) is 4. The SMILES string of the molecule is CC(C)C[C@H](NC(=O)[C@H](CCc1ccccc1)NC(=O)CN1CCOCC1)C(=O)N[C@H](Cc1ccccc1)C(=O)N[C@H](CC(C)C)C(=O)[C@@]1(C)CO1. The summed E-state index contributed by atoms with van der Waals surface area (Å²) < 4.78 is 10.8. The molecular weight excluding hydrogens is 662 g/mol. The van der Waals surface area contributed by atoms with Crippen molar-refractivity contribution in [1.29, 1.82) is 0 Å². The predicted octanol–water partition coefficient (Wildman–Crippen LogP) is 2.58. The van der Waals surface area contributed by atoms with E-state index in [0.29, 0.717) is 58.6 Å². The van der Waals surface area contributed by atoms with Gasteiger partial charge in [0, 0.05) is 19.5 Å². The lowest BCUT2D eigenvalue weighted by Gasteiger charge is -2.29. The topological polar surface area (TPSA) is 158 Å². The van der Waals surface area contributed by atoms with Crippen molar-refractivity contribution in [2.24, 2.45) is 11.8 Å². The maximum absolute atomic E-state index is 14.1. The summed E-state index contributed by atoms with van der Waals surface area (Å²) in [6, 6.07) is 15.3. The van der Waals surface area contributed by atoms with E-state index in [1.165, 1.54) is 0 Å². The van der Waals surface area contributed by atoms with Crippen molar-refractivity contribution in [1.82, 2.24) is 26.2 Å². The fourth-order valence-electron chi connectivity index (χ4n) is 6.33. The van der Waals surface area contributed by atoms with Gasteiger partial charge < -0.3 is 30.7 Å². The molecule has 12 nitrogen and oxygen atoms in total. The number of morpholine rings is 1. The Morgan fingerprint density at radius 3 is 1.77 bits per heavy atom. The molecule has 0 spiro atoms. The number of benzene rings is 2. The quantitative estimate of drug-likeness (QED) is 0.152. The number of carbonyl (C=O) groups is 5. The average Bonchev–Trinajstić information content (AvgIpc) is 3.87. The van der Waals surface area contributed by atoms with Crippen LogP contribution in [-0.4, -0.2) is 104 Å². The second kappa shape index (κ2) is 19.6. The van der Waals surface area contributed by atoms with Crippen LogP contribution in [0.15, 0.2) is 60.7 Å². The standard InChI is InChI=1S/C40H57N5O7/c1-27(2)22-32(36(47)40(5)26-52-40)42-39(50)34(24-30-14-10-7-11-15-30)44-38(49)33(23-28(3)4)43-37(48)31(17-16-29-12-8-6-9-13-29)41-35(46)25-45-18-20-51-21-19-45/h6-15,27-28,31-34H,16-26H2,1-5H3,(H,41,46)(H,42,50)(H,43,48)(H,44,49)/t31-,32+,33-,34+,40+/m0/s1. The molecule has 2 aromatic rings. The third-order valence-corrected chi connectivity index (χ3v) is 9.38. The number of nitrogens with one attached hydrogen (secondary N) is 4. The van der Waals surface area contributed by atoms with E-state index >= 15 is 0 Å². The molecule has 5 atom stereocenters. The van der Waals surface area contributed by atoms with Gasteiger partial charge in [0.2, 0.25) is 23.6 Å². The first-order chi connectivity index (χ1) is 24.8. The number of amides is 4. The van der Waals surface area contributed by atoms with E-state index in [2.05, 4.69) is 21.3 Å². The Kier molecular flexibility index (Phi) is 15.3. The molecule has 0 aliphatic carbocycles. The van der Waals surface area contributed by atoms with Crippen molar-refractivity contribution in [3.05, 3.63) is 71.8 Å². The summed E-state index contributed by atoms with van der Waals surface area (Å²) in [5.41, 5.74) is 0.915. The van der Waals surface area contributed by atoms with E-state index in [0.717, 1.165) is 11.1 Å². The number of rotatable bonds is 20. The second-order valence-electron chi connectivity index (χ2n) is 15.0. The van der Waals surface area contributed by atoms with Gasteiger partial charge in [0.1, 0.15) is 23.7 Å². The molecule has 0 unspecified atom stereocenters. The monoisotopic (exact) mass is 719 g/mol. The molecule has 2 aliphatic heterocycles. The zero-order valence-electron chi connectivity index (χ0n) is 31.3. The highest BCUT2D eigenvalue weighted by molar-refractivity contribution is 5.98. The maximum atomic E-state index is 14.1. The molecule has 0 radical (unpaired) electrons. The molecule has 284 valence electrons. The predicted molar refractivity (Wildman–Crippen MR) is 198 cm³/mol. The van der Waals surface area contributed by atoms with Crippen molar-refractivity contribution in [3.63, 3.8) is 0 Å². The first-order valence-corrected chi connectivity index (χ1v) is 18.6. The fourth-order valence-corrected chi connectivity index (χ4v) is 6.33. The molecule has 4 rings (SSSR count). The molecule has 4 N–H and O–H groups in total. The number of Topliss-reactive ketones (excluding diaryl/α,β-unsaturated/α-hetero) is 1. The molecule has 2 aromatic carbocycles. The molecule has 52 heavy (non-hydrogen) atoms. The Morgan fingerprint density at radius 1 is 0.692 bits per heavy atom. The minimum atomic E-state index is -1.03. The van der Waals surface area contributed by atoms with E-state index in [-0.39, 0.29) is 36.5 Å². The zero-order chi connectivity index (χ0) is 37.7. The van der Waals surface area contributed by atoms with E-state index in [9.17, 15) is 24.0 Å². The molecule has 0 aromatic heterocycles. The highest BCUT2D eigenvalue weighted by atomic mass is 16.6. The third-order valence-electron chi connectivity index (χ3n) is 9.38. The average molecular weight is 720 g/mol. The van der Waals surface area contributed by atoms with Gasteiger partial charge in [-0.05, 0) is 55.6 Å². The Morgan fingerprint density at radius 2 is 1.19 bits per heavy atom. The van der Waals surface area contributed by atoms with Gasteiger partial charge in [-0.1, -0.05) is 88.4 Å². The summed E-state index contributed by atoms with van der Waals surface area (Å²) in [6.07, 6.45) is 1.76. The van der Waals surface area contributed by atoms with Gasteiger partial charge >= 0.3 is 0 Å². The van der Waals surface area contributed by atoms with Crippen LogP contribution in [0.2, 0.25) is 0 Å². The Hall–Kier alpha value is -4.13. The smallest absolute Gasteiger partial charge is 0.243 e. The van der Waals surface area contributed by atoms with Crippen molar-refractivity contribution in [2.45, 2.75) is 96.5 Å². The van der Waals surface area contributed by atoms with E-state index in [4.69, 9.17) is 9.47 Å². The number of aryl methyl sites for hydroxylation is 1. The molecule has 2 saturated heterocycles. The van der Waals surface area contributed by atoms with Gasteiger partial charge in [0.15, 0.2) is 5.78 Å². The van der Waals surface area contributed by atoms with Crippen molar-refractivity contribution >= 4 is 29.4 Å². The number of ketones is 1. The van der Waals surface area contributed by atoms with Crippen molar-refractivity contribution in [2.75, 3.05) is 39.5 Å².